The second-order valence-electron chi connectivity index (χ2n) is 8.33. The summed E-state index contributed by atoms with van der Waals surface area (Å²) in [6.07, 6.45) is 2.71. The zero-order chi connectivity index (χ0) is 23.9. The number of carbonyl (C=O) groups excluding carboxylic acids is 1. The zero-order valence-corrected chi connectivity index (χ0v) is 19.9. The third kappa shape index (κ3) is 4.30. The highest BCUT2D eigenvalue weighted by Gasteiger charge is 2.29. The van der Waals surface area contributed by atoms with Gasteiger partial charge >= 0.3 is 0 Å². The molecule has 0 aliphatic carbocycles. The number of nitrogens with one attached hydrogen (secondary N) is 1. The molecule has 1 aromatic heterocycles. The third-order valence-corrected chi connectivity index (χ3v) is 9.16. The van der Waals surface area contributed by atoms with Crippen LogP contribution in [0, 0.1) is 5.82 Å². The molecular formula is C23H23FN4O4S2. The van der Waals surface area contributed by atoms with Gasteiger partial charge in [-0.1, -0.05) is 6.42 Å². The van der Waals surface area contributed by atoms with E-state index in [1.165, 1.54) is 45.4 Å². The molecule has 5 rings (SSSR count). The fourth-order valence-electron chi connectivity index (χ4n) is 4.24. The van der Waals surface area contributed by atoms with Crippen LogP contribution in [0.25, 0.3) is 5.69 Å². The van der Waals surface area contributed by atoms with Crippen LogP contribution in [-0.4, -0.2) is 45.7 Å². The Bertz CT molecular complexity index is 1360. The van der Waals surface area contributed by atoms with Gasteiger partial charge in [-0.25, -0.2) is 17.5 Å². The van der Waals surface area contributed by atoms with Crippen molar-refractivity contribution in [3.63, 3.8) is 0 Å². The minimum Gasteiger partial charge on any atom is -0.306 e. The number of nitrogens with zero attached hydrogens (tertiary/aromatic N) is 3. The maximum absolute atomic E-state index is 13.4. The highest BCUT2D eigenvalue weighted by atomic mass is 32.2. The van der Waals surface area contributed by atoms with Crippen LogP contribution in [0.2, 0.25) is 0 Å². The van der Waals surface area contributed by atoms with E-state index >= 15 is 0 Å². The van der Waals surface area contributed by atoms with Gasteiger partial charge in [-0.3, -0.25) is 9.00 Å². The molecule has 178 valence electrons. The van der Waals surface area contributed by atoms with Gasteiger partial charge < -0.3 is 5.32 Å². The summed E-state index contributed by atoms with van der Waals surface area (Å²) in [6.45, 7) is 1.01. The van der Waals surface area contributed by atoms with Crippen LogP contribution >= 0.6 is 0 Å². The van der Waals surface area contributed by atoms with E-state index < -0.39 is 32.5 Å². The van der Waals surface area contributed by atoms with Crippen LogP contribution in [0.1, 0.15) is 40.9 Å². The topological polar surface area (TPSA) is 101 Å². The number of piperidine rings is 1. The number of sulfonamides is 1. The lowest BCUT2D eigenvalue weighted by Gasteiger charge is -2.25. The largest absolute Gasteiger partial charge is 0.306 e. The molecule has 2 aliphatic heterocycles. The summed E-state index contributed by atoms with van der Waals surface area (Å²) in [7, 11) is -4.69. The monoisotopic (exact) mass is 502 g/mol. The van der Waals surface area contributed by atoms with Crippen molar-refractivity contribution in [3.05, 3.63) is 71.2 Å². The number of aromatic nitrogens is 2. The number of benzene rings is 2. The molecule has 1 saturated heterocycles. The molecule has 0 unspecified atom stereocenters. The SMILES string of the molecule is O=C(Nc1c2c(nn1-c1ccc(F)cc1)C[S@](=O)C2)c1ccc(S(=O)(=O)N2CCCCC2)cc1. The number of amides is 1. The minimum atomic E-state index is -3.59. The number of carbonyl (C=O) groups is 1. The van der Waals surface area contributed by atoms with Crippen LogP contribution in [0.5, 0.6) is 0 Å². The molecule has 1 amide bonds. The van der Waals surface area contributed by atoms with E-state index in [9.17, 15) is 21.8 Å². The van der Waals surface area contributed by atoms with Gasteiger partial charge in [0.25, 0.3) is 5.91 Å². The van der Waals surface area contributed by atoms with Crippen LogP contribution in [0.4, 0.5) is 10.2 Å². The summed E-state index contributed by atoms with van der Waals surface area (Å²) < 4.78 is 54.2. The first kappa shape index (κ1) is 22.9. The highest BCUT2D eigenvalue weighted by molar-refractivity contribution is 7.89. The van der Waals surface area contributed by atoms with Crippen molar-refractivity contribution in [1.82, 2.24) is 14.1 Å². The second-order valence-corrected chi connectivity index (χ2v) is 11.7. The Balaban J connectivity index is 1.41. The molecule has 3 aromatic rings. The molecule has 1 atom stereocenters. The summed E-state index contributed by atoms with van der Waals surface area (Å²) in [5.41, 5.74) is 2.14. The molecule has 0 radical (unpaired) electrons. The molecule has 34 heavy (non-hydrogen) atoms. The smallest absolute Gasteiger partial charge is 0.256 e. The average molecular weight is 503 g/mol. The van der Waals surface area contributed by atoms with E-state index in [1.807, 2.05) is 0 Å². The summed E-state index contributed by atoms with van der Waals surface area (Å²) in [6, 6.07) is 11.5. The quantitative estimate of drug-likeness (QED) is 0.577. The molecule has 2 aliphatic rings. The van der Waals surface area contributed by atoms with E-state index in [4.69, 9.17) is 0 Å². The Morgan fingerprint density at radius 2 is 1.65 bits per heavy atom. The fourth-order valence-corrected chi connectivity index (χ4v) is 7.02. The summed E-state index contributed by atoms with van der Waals surface area (Å²) in [5.74, 6) is 0.0806. The van der Waals surface area contributed by atoms with Crippen molar-refractivity contribution in [1.29, 1.82) is 0 Å². The standard InChI is InChI=1S/C23H23FN4O4S2/c24-17-6-8-18(9-7-17)28-22(20-14-33(30)15-21(20)26-28)25-23(29)16-4-10-19(11-5-16)34(31,32)27-12-2-1-3-13-27/h4-11H,1-3,12-15H2,(H,25,29)/t33-/m1/s1. The summed E-state index contributed by atoms with van der Waals surface area (Å²) in [4.78, 5) is 13.2. The maximum Gasteiger partial charge on any atom is 0.256 e. The van der Waals surface area contributed by atoms with Gasteiger partial charge in [0.05, 0.1) is 27.8 Å². The van der Waals surface area contributed by atoms with Crippen LogP contribution in [0.15, 0.2) is 53.4 Å². The van der Waals surface area contributed by atoms with Crippen molar-refractivity contribution >= 4 is 32.5 Å². The Kier molecular flexibility index (Phi) is 6.09. The third-order valence-electron chi connectivity index (χ3n) is 6.04. The number of hydrogen-bond acceptors (Lipinski definition) is 5. The predicted octanol–water partition coefficient (Wildman–Crippen LogP) is 3.20. The molecule has 1 fully saturated rings. The van der Waals surface area contributed by atoms with Crippen molar-refractivity contribution < 1.29 is 21.8 Å². The maximum atomic E-state index is 13.4. The first-order valence-electron chi connectivity index (χ1n) is 11.0. The van der Waals surface area contributed by atoms with Crippen LogP contribution < -0.4 is 5.32 Å². The van der Waals surface area contributed by atoms with E-state index in [0.717, 1.165) is 19.3 Å². The summed E-state index contributed by atoms with van der Waals surface area (Å²) >= 11 is 0. The van der Waals surface area contributed by atoms with Gasteiger partial charge in [-0.15, -0.1) is 0 Å². The lowest BCUT2D eigenvalue weighted by Crippen LogP contribution is -2.35. The lowest BCUT2D eigenvalue weighted by molar-refractivity contribution is 0.102. The van der Waals surface area contributed by atoms with Gasteiger partial charge in [-0.2, -0.15) is 9.40 Å². The number of halogens is 1. The van der Waals surface area contributed by atoms with Crippen LogP contribution in [-0.2, 0) is 32.3 Å². The van der Waals surface area contributed by atoms with E-state index in [2.05, 4.69) is 10.4 Å². The van der Waals surface area contributed by atoms with Gasteiger partial charge in [0.15, 0.2) is 0 Å². The molecule has 0 bridgehead atoms. The van der Waals surface area contributed by atoms with Crippen molar-refractivity contribution in [2.45, 2.75) is 35.7 Å². The van der Waals surface area contributed by atoms with Gasteiger partial charge in [0.2, 0.25) is 10.0 Å². The van der Waals surface area contributed by atoms with E-state index in [0.29, 0.717) is 35.9 Å². The second kappa shape index (κ2) is 9.05. The number of hydrogen-bond donors (Lipinski definition) is 1. The molecule has 0 spiro atoms. The number of rotatable bonds is 5. The number of anilines is 1. The van der Waals surface area contributed by atoms with Gasteiger partial charge in [0, 0.05) is 35.0 Å². The Morgan fingerprint density at radius 1 is 0.971 bits per heavy atom. The number of fused-ring (bicyclic) bond motifs is 1. The average Bonchev–Trinajstić information content (AvgIpc) is 3.37. The normalized spacial score (nSPS) is 18.6. The molecule has 3 heterocycles. The lowest BCUT2D eigenvalue weighted by atomic mass is 10.2. The molecule has 8 nitrogen and oxygen atoms in total. The Labute approximate surface area is 199 Å². The van der Waals surface area contributed by atoms with Crippen molar-refractivity contribution in [3.8, 4) is 5.69 Å². The minimum absolute atomic E-state index is 0.151. The van der Waals surface area contributed by atoms with E-state index in [1.54, 1.807) is 12.1 Å². The van der Waals surface area contributed by atoms with Gasteiger partial charge in [-0.05, 0) is 61.4 Å². The fraction of sp³-hybridized carbons (Fsp3) is 0.304. The predicted molar refractivity (Wildman–Crippen MR) is 126 cm³/mol. The van der Waals surface area contributed by atoms with Crippen molar-refractivity contribution in [2.24, 2.45) is 0 Å². The highest BCUT2D eigenvalue weighted by Crippen LogP contribution is 2.32. The van der Waals surface area contributed by atoms with Crippen LogP contribution in [0.3, 0.4) is 0 Å². The van der Waals surface area contributed by atoms with Gasteiger partial charge in [0.1, 0.15) is 11.6 Å². The summed E-state index contributed by atoms with van der Waals surface area (Å²) in [5, 5.41) is 7.32. The van der Waals surface area contributed by atoms with Crippen molar-refractivity contribution in [2.75, 3.05) is 18.4 Å². The first-order valence-corrected chi connectivity index (χ1v) is 13.9. The molecular weight excluding hydrogens is 479 g/mol. The Hall–Kier alpha value is -2.89. The zero-order valence-electron chi connectivity index (χ0n) is 18.2. The first-order chi connectivity index (χ1) is 16.3. The van der Waals surface area contributed by atoms with E-state index in [-0.39, 0.29) is 22.0 Å². The molecule has 2 aromatic carbocycles. The Morgan fingerprint density at radius 3 is 2.32 bits per heavy atom. The molecule has 0 saturated carbocycles. The molecule has 11 heteroatoms. The molecule has 1 N–H and O–H groups in total.